The van der Waals surface area contributed by atoms with E-state index in [-0.39, 0.29) is 5.56 Å². The van der Waals surface area contributed by atoms with Crippen molar-refractivity contribution in [1.82, 2.24) is 10.9 Å². The molecule has 2 aromatic rings. The minimum Gasteiger partial charge on any atom is -0.490 e. The highest BCUT2D eigenvalue weighted by Crippen LogP contribution is 2.39. The molecule has 2 aromatic carbocycles. The fraction of sp³-hybridized carbons (Fsp3) is 0.300. The number of hydrogen-bond acceptors (Lipinski definition) is 5. The number of rotatable bonds is 8. The molecule has 0 aliphatic carbocycles. The zero-order valence-corrected chi connectivity index (χ0v) is 16.3. The largest absolute Gasteiger partial charge is 0.490 e. The summed E-state index contributed by atoms with van der Waals surface area (Å²) in [5.41, 5.74) is 3.78. The number of nitrogens with one attached hydrogen (secondary N) is 2. The number of amides is 2. The second kappa shape index (κ2) is 10.3. The Labute approximate surface area is 166 Å². The normalized spacial score (nSPS) is 10.2. The van der Waals surface area contributed by atoms with Gasteiger partial charge in [-0.15, -0.1) is 0 Å². The molecule has 0 heterocycles. The maximum Gasteiger partial charge on any atom is 0.272 e. The van der Waals surface area contributed by atoms with E-state index in [4.69, 9.17) is 14.2 Å². The van der Waals surface area contributed by atoms with E-state index in [9.17, 15) is 18.4 Å². The van der Waals surface area contributed by atoms with Crippen molar-refractivity contribution in [2.75, 3.05) is 19.8 Å². The summed E-state index contributed by atoms with van der Waals surface area (Å²) in [5.74, 6) is -2.45. The Morgan fingerprint density at radius 1 is 0.828 bits per heavy atom. The minimum atomic E-state index is -1.00. The molecule has 0 saturated carbocycles. The summed E-state index contributed by atoms with van der Waals surface area (Å²) in [7, 11) is 0. The third kappa shape index (κ3) is 5.56. The van der Waals surface area contributed by atoms with Crippen molar-refractivity contribution >= 4 is 11.8 Å². The van der Waals surface area contributed by atoms with Crippen molar-refractivity contribution in [2.24, 2.45) is 0 Å². The first-order valence-corrected chi connectivity index (χ1v) is 9.03. The fourth-order valence-electron chi connectivity index (χ4n) is 2.44. The van der Waals surface area contributed by atoms with E-state index >= 15 is 0 Å². The van der Waals surface area contributed by atoms with E-state index in [0.29, 0.717) is 37.1 Å². The minimum absolute atomic E-state index is 0.111. The molecule has 9 heteroatoms. The van der Waals surface area contributed by atoms with Crippen LogP contribution in [0.5, 0.6) is 17.2 Å². The van der Waals surface area contributed by atoms with Crippen LogP contribution < -0.4 is 25.1 Å². The smallest absolute Gasteiger partial charge is 0.272 e. The molecule has 0 fully saturated rings. The maximum absolute atomic E-state index is 13.7. The summed E-state index contributed by atoms with van der Waals surface area (Å²) in [6.45, 7) is 6.36. The van der Waals surface area contributed by atoms with Gasteiger partial charge < -0.3 is 14.2 Å². The number of carbonyl (C=O) groups excluding carboxylic acids is 2. The number of ether oxygens (including phenoxy) is 3. The predicted molar refractivity (Wildman–Crippen MR) is 101 cm³/mol. The van der Waals surface area contributed by atoms with Gasteiger partial charge in [-0.25, -0.2) is 8.78 Å². The molecule has 29 heavy (non-hydrogen) atoms. The molecule has 0 aromatic heterocycles. The Bertz CT molecular complexity index is 862. The highest BCUT2D eigenvalue weighted by atomic mass is 19.1. The van der Waals surface area contributed by atoms with Crippen molar-refractivity contribution in [2.45, 2.75) is 20.8 Å². The Balaban J connectivity index is 2.23. The molecule has 2 rings (SSSR count). The monoisotopic (exact) mass is 408 g/mol. The molecular weight excluding hydrogens is 386 g/mol. The molecule has 2 amide bonds. The van der Waals surface area contributed by atoms with Crippen LogP contribution in [0.15, 0.2) is 30.3 Å². The van der Waals surface area contributed by atoms with Gasteiger partial charge in [-0.05, 0) is 51.1 Å². The zero-order valence-electron chi connectivity index (χ0n) is 16.3. The molecule has 0 aliphatic heterocycles. The molecule has 0 radical (unpaired) electrons. The number of carbonyl (C=O) groups is 2. The standard InChI is InChI=1S/C20H22F2N2O5/c1-4-27-16-9-12(10-17(28-5-2)18(16)29-6-3)19(25)23-24-20(26)14-11-13(21)7-8-15(14)22/h7-11H,4-6H2,1-3H3,(H,23,25)(H,24,26). The van der Waals surface area contributed by atoms with Crippen LogP contribution in [-0.4, -0.2) is 31.6 Å². The molecule has 0 atom stereocenters. The van der Waals surface area contributed by atoms with Gasteiger partial charge in [-0.3, -0.25) is 20.4 Å². The maximum atomic E-state index is 13.7. The Morgan fingerprint density at radius 2 is 1.38 bits per heavy atom. The number of hydrogen-bond donors (Lipinski definition) is 2. The third-order valence-electron chi connectivity index (χ3n) is 3.63. The van der Waals surface area contributed by atoms with Crippen LogP contribution in [0.4, 0.5) is 8.78 Å². The highest BCUT2D eigenvalue weighted by Gasteiger charge is 2.19. The molecule has 0 aliphatic rings. The summed E-state index contributed by atoms with van der Waals surface area (Å²) in [4.78, 5) is 24.5. The molecule has 156 valence electrons. The van der Waals surface area contributed by atoms with Crippen molar-refractivity contribution in [3.63, 3.8) is 0 Å². The van der Waals surface area contributed by atoms with Crippen LogP contribution in [0.1, 0.15) is 41.5 Å². The number of halogens is 2. The van der Waals surface area contributed by atoms with Gasteiger partial charge in [0.1, 0.15) is 11.6 Å². The van der Waals surface area contributed by atoms with Crippen molar-refractivity contribution in [1.29, 1.82) is 0 Å². The molecule has 0 bridgehead atoms. The lowest BCUT2D eigenvalue weighted by Gasteiger charge is -2.17. The van der Waals surface area contributed by atoms with Crippen molar-refractivity contribution in [3.8, 4) is 17.2 Å². The van der Waals surface area contributed by atoms with E-state index in [1.54, 1.807) is 20.8 Å². The van der Waals surface area contributed by atoms with Crippen LogP contribution in [-0.2, 0) is 0 Å². The first-order valence-electron chi connectivity index (χ1n) is 9.03. The molecular formula is C20H22F2N2O5. The average Bonchev–Trinajstić information content (AvgIpc) is 2.70. The summed E-state index contributed by atoms with van der Waals surface area (Å²) < 4.78 is 43.5. The third-order valence-corrected chi connectivity index (χ3v) is 3.63. The van der Waals surface area contributed by atoms with Gasteiger partial charge in [0.25, 0.3) is 11.8 Å². The van der Waals surface area contributed by atoms with Crippen LogP contribution in [0.2, 0.25) is 0 Å². The lowest BCUT2D eigenvalue weighted by molar-refractivity contribution is 0.0843. The van der Waals surface area contributed by atoms with Crippen molar-refractivity contribution < 1.29 is 32.6 Å². The number of hydrazine groups is 1. The zero-order chi connectivity index (χ0) is 21.4. The van der Waals surface area contributed by atoms with Gasteiger partial charge in [0, 0.05) is 5.56 Å². The SMILES string of the molecule is CCOc1cc(C(=O)NNC(=O)c2cc(F)ccc2F)cc(OCC)c1OCC. The van der Waals surface area contributed by atoms with Crippen LogP contribution in [0.3, 0.4) is 0 Å². The fourth-order valence-corrected chi connectivity index (χ4v) is 2.44. The summed E-state index contributed by atoms with van der Waals surface area (Å²) in [6.07, 6.45) is 0. The van der Waals surface area contributed by atoms with Gasteiger partial charge >= 0.3 is 0 Å². The Morgan fingerprint density at radius 3 is 1.93 bits per heavy atom. The topological polar surface area (TPSA) is 85.9 Å². The van der Waals surface area contributed by atoms with E-state index < -0.39 is 29.0 Å². The van der Waals surface area contributed by atoms with Gasteiger partial charge in [0.15, 0.2) is 11.5 Å². The molecule has 0 unspecified atom stereocenters. The quantitative estimate of drug-likeness (QED) is 0.655. The summed E-state index contributed by atoms with van der Waals surface area (Å²) in [5, 5.41) is 0. The number of benzene rings is 2. The first-order chi connectivity index (χ1) is 13.9. The summed E-state index contributed by atoms with van der Waals surface area (Å²) >= 11 is 0. The van der Waals surface area contributed by atoms with Crippen LogP contribution in [0.25, 0.3) is 0 Å². The second-order valence-electron chi connectivity index (χ2n) is 5.63. The van der Waals surface area contributed by atoms with E-state index in [1.807, 2.05) is 5.43 Å². The van der Waals surface area contributed by atoms with Crippen LogP contribution in [0, 0.1) is 11.6 Å². The molecule has 0 saturated heterocycles. The Hall–Kier alpha value is -3.36. The lowest BCUT2D eigenvalue weighted by atomic mass is 10.1. The molecule has 0 spiro atoms. The summed E-state index contributed by atoms with van der Waals surface area (Å²) in [6, 6.07) is 5.30. The van der Waals surface area contributed by atoms with E-state index in [1.165, 1.54) is 12.1 Å². The second-order valence-corrected chi connectivity index (χ2v) is 5.63. The first kappa shape index (κ1) is 21.9. The Kier molecular flexibility index (Phi) is 7.76. The van der Waals surface area contributed by atoms with Gasteiger partial charge in [-0.1, -0.05) is 0 Å². The van der Waals surface area contributed by atoms with Crippen molar-refractivity contribution in [3.05, 3.63) is 53.1 Å². The molecule has 2 N–H and O–H groups in total. The van der Waals surface area contributed by atoms with Gasteiger partial charge in [0.2, 0.25) is 5.75 Å². The van der Waals surface area contributed by atoms with Gasteiger partial charge in [-0.2, -0.15) is 0 Å². The average molecular weight is 408 g/mol. The molecule has 7 nitrogen and oxygen atoms in total. The lowest BCUT2D eigenvalue weighted by Crippen LogP contribution is -2.42. The van der Waals surface area contributed by atoms with E-state index in [0.717, 1.165) is 18.2 Å². The predicted octanol–water partition coefficient (Wildman–Crippen LogP) is 3.24. The van der Waals surface area contributed by atoms with Crippen LogP contribution >= 0.6 is 0 Å². The van der Waals surface area contributed by atoms with Gasteiger partial charge in [0.05, 0.1) is 25.4 Å². The van der Waals surface area contributed by atoms with E-state index in [2.05, 4.69) is 5.43 Å². The highest BCUT2D eigenvalue weighted by molar-refractivity contribution is 5.99.